The standard InChI is InChI=1S/C13H18N4O3/c1-9-5-10(7-11(6-9)17(19)20)16-4-3-15-8-12(16)13(18)14-2/h5-7,12,15H,3-4,8H2,1-2H3,(H,14,18). The number of nitro groups is 1. The summed E-state index contributed by atoms with van der Waals surface area (Å²) < 4.78 is 0. The number of nitrogens with one attached hydrogen (secondary N) is 2. The minimum atomic E-state index is -0.409. The van der Waals surface area contributed by atoms with Crippen LogP contribution in [0.25, 0.3) is 0 Å². The van der Waals surface area contributed by atoms with E-state index in [9.17, 15) is 14.9 Å². The van der Waals surface area contributed by atoms with Crippen LogP contribution in [0.4, 0.5) is 11.4 Å². The fraction of sp³-hybridized carbons (Fsp3) is 0.462. The zero-order chi connectivity index (χ0) is 14.7. The van der Waals surface area contributed by atoms with E-state index < -0.39 is 4.92 Å². The minimum absolute atomic E-state index is 0.0502. The number of nitrogens with zero attached hydrogens (tertiary/aromatic N) is 2. The maximum absolute atomic E-state index is 11.9. The second-order valence-corrected chi connectivity index (χ2v) is 4.81. The molecule has 0 spiro atoms. The van der Waals surface area contributed by atoms with Gasteiger partial charge in [-0.2, -0.15) is 0 Å². The first kappa shape index (κ1) is 14.3. The van der Waals surface area contributed by atoms with Crippen molar-refractivity contribution in [2.24, 2.45) is 0 Å². The molecule has 1 fully saturated rings. The second-order valence-electron chi connectivity index (χ2n) is 4.81. The molecule has 108 valence electrons. The fourth-order valence-corrected chi connectivity index (χ4v) is 2.43. The van der Waals surface area contributed by atoms with E-state index in [1.165, 1.54) is 12.1 Å². The van der Waals surface area contributed by atoms with Crippen LogP contribution in [0.3, 0.4) is 0 Å². The van der Waals surface area contributed by atoms with Crippen LogP contribution in [-0.2, 0) is 4.79 Å². The van der Waals surface area contributed by atoms with Crippen molar-refractivity contribution in [3.63, 3.8) is 0 Å². The van der Waals surface area contributed by atoms with Gasteiger partial charge in [0.1, 0.15) is 6.04 Å². The SMILES string of the molecule is CNC(=O)C1CNCCN1c1cc(C)cc([N+](=O)[O-])c1. The molecule has 0 saturated carbocycles. The summed E-state index contributed by atoms with van der Waals surface area (Å²) in [6, 6.07) is 4.57. The Morgan fingerprint density at radius 1 is 1.50 bits per heavy atom. The molecule has 2 N–H and O–H groups in total. The zero-order valence-corrected chi connectivity index (χ0v) is 11.5. The molecule has 7 nitrogen and oxygen atoms in total. The number of carbonyl (C=O) groups is 1. The predicted octanol–water partition coefficient (Wildman–Crippen LogP) is 0.427. The number of non-ortho nitro benzene ring substituents is 1. The minimum Gasteiger partial charge on any atom is -0.357 e. The van der Waals surface area contributed by atoms with Gasteiger partial charge in [-0.25, -0.2) is 0 Å². The average Bonchev–Trinajstić information content (AvgIpc) is 2.45. The maximum atomic E-state index is 11.9. The van der Waals surface area contributed by atoms with Gasteiger partial charge in [0.2, 0.25) is 5.91 Å². The molecule has 1 aliphatic rings. The number of nitro benzene ring substituents is 1. The number of piperazine rings is 1. The van der Waals surface area contributed by atoms with E-state index >= 15 is 0 Å². The van der Waals surface area contributed by atoms with Gasteiger partial charge in [0, 0.05) is 44.5 Å². The van der Waals surface area contributed by atoms with E-state index in [0.29, 0.717) is 18.8 Å². The number of rotatable bonds is 3. The molecule has 1 aromatic rings. The van der Waals surface area contributed by atoms with Gasteiger partial charge in [-0.15, -0.1) is 0 Å². The van der Waals surface area contributed by atoms with E-state index in [1.807, 2.05) is 17.9 Å². The maximum Gasteiger partial charge on any atom is 0.271 e. The Morgan fingerprint density at radius 3 is 2.90 bits per heavy atom. The van der Waals surface area contributed by atoms with Gasteiger partial charge in [0.15, 0.2) is 0 Å². The molecule has 1 atom stereocenters. The van der Waals surface area contributed by atoms with E-state index in [0.717, 1.165) is 12.1 Å². The number of likely N-dealkylation sites (N-methyl/N-ethyl adjacent to an activating group) is 1. The molecule has 0 radical (unpaired) electrons. The summed E-state index contributed by atoms with van der Waals surface area (Å²) in [7, 11) is 1.59. The van der Waals surface area contributed by atoms with Crippen molar-refractivity contribution in [1.29, 1.82) is 0 Å². The molecule has 0 aromatic heterocycles. The zero-order valence-electron chi connectivity index (χ0n) is 11.5. The quantitative estimate of drug-likeness (QED) is 0.618. The van der Waals surface area contributed by atoms with Crippen molar-refractivity contribution < 1.29 is 9.72 Å². The lowest BCUT2D eigenvalue weighted by Crippen LogP contribution is -2.57. The van der Waals surface area contributed by atoms with Crippen molar-refractivity contribution in [2.45, 2.75) is 13.0 Å². The van der Waals surface area contributed by atoms with Crippen LogP contribution in [0, 0.1) is 17.0 Å². The Balaban J connectivity index is 2.37. The van der Waals surface area contributed by atoms with E-state index in [-0.39, 0.29) is 17.6 Å². The van der Waals surface area contributed by atoms with Gasteiger partial charge in [-0.05, 0) is 18.6 Å². The summed E-state index contributed by atoms with van der Waals surface area (Å²) in [4.78, 5) is 24.4. The number of amides is 1. The lowest BCUT2D eigenvalue weighted by molar-refractivity contribution is -0.384. The molecule has 1 saturated heterocycles. The Kier molecular flexibility index (Phi) is 4.19. The Hall–Kier alpha value is -2.15. The summed E-state index contributed by atoms with van der Waals surface area (Å²) >= 11 is 0. The molecule has 1 aromatic carbocycles. The summed E-state index contributed by atoms with van der Waals surface area (Å²) in [6.45, 7) is 3.73. The van der Waals surface area contributed by atoms with Crippen LogP contribution in [0.1, 0.15) is 5.56 Å². The van der Waals surface area contributed by atoms with E-state index in [2.05, 4.69) is 10.6 Å². The molecule has 1 amide bonds. The van der Waals surface area contributed by atoms with Crippen LogP contribution in [0.5, 0.6) is 0 Å². The molecule has 0 aliphatic carbocycles. The Labute approximate surface area is 117 Å². The molecule has 2 rings (SSSR count). The summed E-state index contributed by atoms with van der Waals surface area (Å²) in [5, 5.41) is 16.8. The van der Waals surface area contributed by atoms with Crippen molar-refractivity contribution >= 4 is 17.3 Å². The monoisotopic (exact) mass is 278 g/mol. The topological polar surface area (TPSA) is 87.5 Å². The van der Waals surface area contributed by atoms with Crippen LogP contribution >= 0.6 is 0 Å². The van der Waals surface area contributed by atoms with Crippen molar-refractivity contribution in [3.8, 4) is 0 Å². The highest BCUT2D eigenvalue weighted by atomic mass is 16.6. The molecule has 1 aliphatic heterocycles. The normalized spacial score (nSPS) is 18.7. The number of benzene rings is 1. The van der Waals surface area contributed by atoms with Crippen LogP contribution in [-0.4, -0.2) is 43.6 Å². The van der Waals surface area contributed by atoms with Crippen molar-refractivity contribution in [1.82, 2.24) is 10.6 Å². The average molecular weight is 278 g/mol. The first-order valence-corrected chi connectivity index (χ1v) is 6.48. The fourth-order valence-electron chi connectivity index (χ4n) is 2.43. The third-order valence-corrected chi connectivity index (χ3v) is 3.38. The van der Waals surface area contributed by atoms with Gasteiger partial charge < -0.3 is 15.5 Å². The Morgan fingerprint density at radius 2 is 2.25 bits per heavy atom. The summed E-state index contributed by atoms with van der Waals surface area (Å²) in [5.74, 6) is -0.0960. The summed E-state index contributed by atoms with van der Waals surface area (Å²) in [6.07, 6.45) is 0. The van der Waals surface area contributed by atoms with Gasteiger partial charge in [-0.3, -0.25) is 14.9 Å². The van der Waals surface area contributed by atoms with Gasteiger partial charge in [0.05, 0.1) is 4.92 Å². The number of hydrogen-bond acceptors (Lipinski definition) is 5. The van der Waals surface area contributed by atoms with Gasteiger partial charge >= 0.3 is 0 Å². The predicted molar refractivity (Wildman–Crippen MR) is 75.9 cm³/mol. The van der Waals surface area contributed by atoms with E-state index in [1.54, 1.807) is 7.05 Å². The van der Waals surface area contributed by atoms with Crippen LogP contribution < -0.4 is 15.5 Å². The van der Waals surface area contributed by atoms with E-state index in [4.69, 9.17) is 0 Å². The molecule has 1 heterocycles. The summed E-state index contributed by atoms with van der Waals surface area (Å²) in [5.41, 5.74) is 1.57. The number of aryl methyl sites for hydroxylation is 1. The highest BCUT2D eigenvalue weighted by Gasteiger charge is 2.29. The molecular formula is C13H18N4O3. The molecular weight excluding hydrogens is 260 g/mol. The first-order chi connectivity index (χ1) is 9.52. The second kappa shape index (κ2) is 5.87. The van der Waals surface area contributed by atoms with Gasteiger partial charge in [0.25, 0.3) is 5.69 Å². The smallest absolute Gasteiger partial charge is 0.271 e. The highest BCUT2D eigenvalue weighted by molar-refractivity contribution is 5.85. The molecule has 20 heavy (non-hydrogen) atoms. The third kappa shape index (κ3) is 2.88. The number of hydrogen-bond donors (Lipinski definition) is 2. The molecule has 7 heteroatoms. The van der Waals surface area contributed by atoms with Crippen LogP contribution in [0.2, 0.25) is 0 Å². The van der Waals surface area contributed by atoms with Crippen molar-refractivity contribution in [2.75, 3.05) is 31.6 Å². The molecule has 0 bridgehead atoms. The lowest BCUT2D eigenvalue weighted by atomic mass is 10.1. The lowest BCUT2D eigenvalue weighted by Gasteiger charge is -2.36. The highest BCUT2D eigenvalue weighted by Crippen LogP contribution is 2.26. The first-order valence-electron chi connectivity index (χ1n) is 6.48. The Bertz CT molecular complexity index is 532. The molecule has 1 unspecified atom stereocenters. The van der Waals surface area contributed by atoms with Crippen LogP contribution in [0.15, 0.2) is 18.2 Å². The number of anilines is 1. The third-order valence-electron chi connectivity index (χ3n) is 3.38. The number of carbonyl (C=O) groups excluding carboxylic acids is 1. The van der Waals surface area contributed by atoms with Gasteiger partial charge in [-0.1, -0.05) is 0 Å². The largest absolute Gasteiger partial charge is 0.357 e. The van der Waals surface area contributed by atoms with Crippen molar-refractivity contribution in [3.05, 3.63) is 33.9 Å².